The number of benzene rings is 2. The van der Waals surface area contributed by atoms with Crippen LogP contribution < -0.4 is 4.74 Å². The summed E-state index contributed by atoms with van der Waals surface area (Å²) >= 11 is 0. The Morgan fingerprint density at radius 1 is 1.05 bits per heavy atom. The maximum absolute atomic E-state index is 12.8. The van der Waals surface area contributed by atoms with Gasteiger partial charge < -0.3 is 9.64 Å². The summed E-state index contributed by atoms with van der Waals surface area (Å²) in [5.74, 6) is 0.526. The normalized spacial score (nSPS) is 10.2. The highest BCUT2D eigenvalue weighted by atomic mass is 19.1. The number of halogens is 1. The van der Waals surface area contributed by atoms with Gasteiger partial charge in [0.15, 0.2) is 0 Å². The third-order valence-corrected chi connectivity index (χ3v) is 3.20. The molecule has 2 aromatic carbocycles. The van der Waals surface area contributed by atoms with Crippen LogP contribution in [-0.4, -0.2) is 17.9 Å². The molecule has 2 rings (SSSR count). The summed E-state index contributed by atoms with van der Waals surface area (Å²) < 4.78 is 18.4. The lowest BCUT2D eigenvalue weighted by Crippen LogP contribution is -2.22. The van der Waals surface area contributed by atoms with Crippen molar-refractivity contribution in [3.63, 3.8) is 0 Å². The summed E-state index contributed by atoms with van der Waals surface area (Å²) in [4.78, 5) is 12.8. The average molecular weight is 287 g/mol. The van der Waals surface area contributed by atoms with Gasteiger partial charge in [0.25, 0.3) is 0 Å². The quantitative estimate of drug-likeness (QED) is 0.843. The van der Waals surface area contributed by atoms with Gasteiger partial charge in [0, 0.05) is 20.5 Å². The molecule has 0 atom stereocenters. The van der Waals surface area contributed by atoms with Gasteiger partial charge in [0.1, 0.15) is 18.2 Å². The Morgan fingerprint density at radius 2 is 1.62 bits per heavy atom. The summed E-state index contributed by atoms with van der Waals surface area (Å²) in [5, 5.41) is 0. The molecule has 0 radical (unpaired) electrons. The van der Waals surface area contributed by atoms with Crippen molar-refractivity contribution in [3.8, 4) is 5.75 Å². The highest BCUT2D eigenvalue weighted by molar-refractivity contribution is 5.72. The molecule has 0 unspecified atom stereocenters. The molecule has 0 bridgehead atoms. The SMILES string of the molecule is CC(=O)N(C)Cc1ccc(OCc2ccc(F)cc2)cc1. The Balaban J connectivity index is 1.90. The lowest BCUT2D eigenvalue weighted by molar-refractivity contribution is -0.128. The minimum Gasteiger partial charge on any atom is -0.489 e. The van der Waals surface area contributed by atoms with Gasteiger partial charge in [-0.3, -0.25) is 4.79 Å². The number of hydrogen-bond donors (Lipinski definition) is 0. The number of carbonyl (C=O) groups is 1. The highest BCUT2D eigenvalue weighted by Crippen LogP contribution is 2.15. The summed E-state index contributed by atoms with van der Waals surface area (Å²) in [6.45, 7) is 2.51. The molecule has 0 N–H and O–H groups in total. The van der Waals surface area contributed by atoms with Crippen LogP contribution in [0.25, 0.3) is 0 Å². The van der Waals surface area contributed by atoms with Gasteiger partial charge in [-0.2, -0.15) is 0 Å². The molecular formula is C17H18FNO2. The second kappa shape index (κ2) is 6.88. The zero-order valence-electron chi connectivity index (χ0n) is 12.2. The minimum absolute atomic E-state index is 0.0339. The van der Waals surface area contributed by atoms with E-state index in [1.54, 1.807) is 31.0 Å². The Hall–Kier alpha value is -2.36. The molecule has 0 aliphatic heterocycles. The first-order valence-corrected chi connectivity index (χ1v) is 6.72. The zero-order valence-corrected chi connectivity index (χ0v) is 12.2. The van der Waals surface area contributed by atoms with E-state index in [-0.39, 0.29) is 11.7 Å². The van der Waals surface area contributed by atoms with E-state index in [1.807, 2.05) is 24.3 Å². The van der Waals surface area contributed by atoms with Crippen LogP contribution in [0, 0.1) is 5.82 Å². The van der Waals surface area contributed by atoms with Gasteiger partial charge in [0.05, 0.1) is 0 Å². The molecule has 0 fully saturated rings. The lowest BCUT2D eigenvalue weighted by Gasteiger charge is -2.15. The molecule has 21 heavy (non-hydrogen) atoms. The van der Waals surface area contributed by atoms with E-state index < -0.39 is 0 Å². The first-order chi connectivity index (χ1) is 10.0. The molecule has 0 saturated carbocycles. The Morgan fingerprint density at radius 3 is 2.19 bits per heavy atom. The molecule has 1 amide bonds. The van der Waals surface area contributed by atoms with Gasteiger partial charge in [-0.25, -0.2) is 4.39 Å². The van der Waals surface area contributed by atoms with Crippen molar-refractivity contribution >= 4 is 5.91 Å². The van der Waals surface area contributed by atoms with Crippen molar-refractivity contribution < 1.29 is 13.9 Å². The van der Waals surface area contributed by atoms with E-state index in [0.29, 0.717) is 13.2 Å². The molecule has 110 valence electrons. The number of rotatable bonds is 5. The van der Waals surface area contributed by atoms with Crippen LogP contribution in [0.2, 0.25) is 0 Å². The monoisotopic (exact) mass is 287 g/mol. The van der Waals surface area contributed by atoms with Gasteiger partial charge in [-0.05, 0) is 35.4 Å². The molecule has 3 nitrogen and oxygen atoms in total. The fourth-order valence-electron chi connectivity index (χ4n) is 1.82. The maximum Gasteiger partial charge on any atom is 0.219 e. The fraction of sp³-hybridized carbons (Fsp3) is 0.235. The summed E-state index contributed by atoms with van der Waals surface area (Å²) in [6, 6.07) is 13.8. The Labute approximate surface area is 124 Å². The molecule has 0 aliphatic rings. The molecule has 0 heterocycles. The van der Waals surface area contributed by atoms with Gasteiger partial charge in [-0.1, -0.05) is 24.3 Å². The van der Waals surface area contributed by atoms with Crippen molar-refractivity contribution in [2.45, 2.75) is 20.1 Å². The van der Waals surface area contributed by atoms with Crippen molar-refractivity contribution in [2.24, 2.45) is 0 Å². The van der Waals surface area contributed by atoms with E-state index in [0.717, 1.165) is 16.9 Å². The number of carbonyl (C=O) groups excluding carboxylic acids is 1. The van der Waals surface area contributed by atoms with Gasteiger partial charge in [-0.15, -0.1) is 0 Å². The lowest BCUT2D eigenvalue weighted by atomic mass is 10.2. The third kappa shape index (κ3) is 4.60. The topological polar surface area (TPSA) is 29.5 Å². The minimum atomic E-state index is -0.252. The molecule has 0 spiro atoms. The van der Waals surface area contributed by atoms with Crippen LogP contribution in [0.1, 0.15) is 18.1 Å². The van der Waals surface area contributed by atoms with Crippen LogP contribution in [0.15, 0.2) is 48.5 Å². The molecular weight excluding hydrogens is 269 g/mol. The van der Waals surface area contributed by atoms with Gasteiger partial charge in [0.2, 0.25) is 5.91 Å². The Bertz CT molecular complexity index is 593. The molecule has 0 aliphatic carbocycles. The second-order valence-electron chi connectivity index (χ2n) is 4.93. The molecule has 2 aromatic rings. The standard InChI is InChI=1S/C17H18FNO2/c1-13(20)19(2)11-14-5-9-17(10-6-14)21-12-15-3-7-16(18)8-4-15/h3-10H,11-12H2,1-2H3. The predicted molar refractivity (Wildman–Crippen MR) is 79.3 cm³/mol. The summed E-state index contributed by atoms with van der Waals surface area (Å²) in [5.41, 5.74) is 1.96. The number of nitrogens with zero attached hydrogens (tertiary/aromatic N) is 1. The molecule has 0 aromatic heterocycles. The number of amides is 1. The van der Waals surface area contributed by atoms with Crippen molar-refractivity contribution in [2.75, 3.05) is 7.05 Å². The first-order valence-electron chi connectivity index (χ1n) is 6.72. The predicted octanol–water partition coefficient (Wildman–Crippen LogP) is 3.38. The van der Waals surface area contributed by atoms with Crippen LogP contribution >= 0.6 is 0 Å². The van der Waals surface area contributed by atoms with E-state index in [4.69, 9.17) is 4.74 Å². The largest absolute Gasteiger partial charge is 0.489 e. The van der Waals surface area contributed by atoms with Crippen molar-refractivity contribution in [3.05, 3.63) is 65.5 Å². The van der Waals surface area contributed by atoms with Crippen molar-refractivity contribution in [1.82, 2.24) is 4.90 Å². The number of hydrogen-bond acceptors (Lipinski definition) is 2. The van der Waals surface area contributed by atoms with E-state index >= 15 is 0 Å². The zero-order chi connectivity index (χ0) is 15.2. The highest BCUT2D eigenvalue weighted by Gasteiger charge is 2.03. The van der Waals surface area contributed by atoms with E-state index in [1.165, 1.54) is 12.1 Å². The van der Waals surface area contributed by atoms with Gasteiger partial charge >= 0.3 is 0 Å². The summed E-state index contributed by atoms with van der Waals surface area (Å²) in [7, 11) is 1.77. The van der Waals surface area contributed by atoms with E-state index in [9.17, 15) is 9.18 Å². The average Bonchev–Trinajstić information content (AvgIpc) is 2.48. The van der Waals surface area contributed by atoms with Crippen LogP contribution in [0.5, 0.6) is 5.75 Å². The molecule has 4 heteroatoms. The summed E-state index contributed by atoms with van der Waals surface area (Å²) in [6.07, 6.45) is 0. The van der Waals surface area contributed by atoms with Crippen LogP contribution in [0.3, 0.4) is 0 Å². The van der Waals surface area contributed by atoms with Crippen LogP contribution in [-0.2, 0) is 17.9 Å². The maximum atomic E-state index is 12.8. The fourth-order valence-corrected chi connectivity index (χ4v) is 1.82. The second-order valence-corrected chi connectivity index (χ2v) is 4.93. The Kier molecular flexibility index (Phi) is 4.93. The smallest absolute Gasteiger partial charge is 0.219 e. The molecule has 0 saturated heterocycles. The first kappa shape index (κ1) is 15.0. The number of ether oxygens (including phenoxy) is 1. The van der Waals surface area contributed by atoms with Crippen LogP contribution in [0.4, 0.5) is 4.39 Å². The van der Waals surface area contributed by atoms with Crippen molar-refractivity contribution in [1.29, 1.82) is 0 Å². The third-order valence-electron chi connectivity index (χ3n) is 3.20. The van der Waals surface area contributed by atoms with E-state index in [2.05, 4.69) is 0 Å².